The monoisotopic (exact) mass is 409 g/mol. The van der Waals surface area contributed by atoms with Crippen LogP contribution in [-0.2, 0) is 14.9 Å². The molecule has 0 bridgehead atoms. The molecular formula is C17H12FNO4S3. The van der Waals surface area contributed by atoms with Crippen LogP contribution >= 0.6 is 24.0 Å². The Kier molecular flexibility index (Phi) is 5.12. The van der Waals surface area contributed by atoms with E-state index in [1.165, 1.54) is 41.3 Å². The second kappa shape index (κ2) is 7.18. The predicted molar refractivity (Wildman–Crippen MR) is 104 cm³/mol. The summed E-state index contributed by atoms with van der Waals surface area (Å²) in [6.07, 6.45) is 2.55. The van der Waals surface area contributed by atoms with Gasteiger partial charge in [0.25, 0.3) is 5.91 Å². The first kappa shape index (κ1) is 18.6. The van der Waals surface area contributed by atoms with Gasteiger partial charge >= 0.3 is 10.1 Å². The lowest BCUT2D eigenvalue weighted by Crippen LogP contribution is -2.27. The predicted octanol–water partition coefficient (Wildman–Crippen LogP) is 3.57. The highest BCUT2D eigenvalue weighted by Crippen LogP contribution is 2.36. The number of carbonyl (C=O) groups excluding carboxylic acids is 1. The van der Waals surface area contributed by atoms with Gasteiger partial charge in [-0.1, -0.05) is 36.1 Å². The Morgan fingerprint density at radius 2 is 1.88 bits per heavy atom. The molecule has 0 radical (unpaired) electrons. The van der Waals surface area contributed by atoms with Gasteiger partial charge in [-0.15, -0.1) is 0 Å². The summed E-state index contributed by atoms with van der Waals surface area (Å²) in [5, 5.41) is 0. The van der Waals surface area contributed by atoms with Gasteiger partial charge < -0.3 is 4.18 Å². The van der Waals surface area contributed by atoms with Crippen molar-refractivity contribution in [2.24, 2.45) is 0 Å². The van der Waals surface area contributed by atoms with Crippen LogP contribution in [0.25, 0.3) is 6.08 Å². The van der Waals surface area contributed by atoms with Crippen molar-refractivity contribution < 1.29 is 21.8 Å². The lowest BCUT2D eigenvalue weighted by molar-refractivity contribution is -0.113. The van der Waals surface area contributed by atoms with Crippen molar-refractivity contribution in [3.8, 4) is 5.75 Å². The maximum Gasteiger partial charge on any atom is 0.306 e. The number of hydrogen-bond acceptors (Lipinski definition) is 6. The van der Waals surface area contributed by atoms with Crippen molar-refractivity contribution in [2.75, 3.05) is 11.2 Å². The molecule has 9 heteroatoms. The van der Waals surface area contributed by atoms with Gasteiger partial charge in [-0.2, -0.15) is 8.42 Å². The SMILES string of the molecule is CS(=O)(=O)Oc1cccc(/C=C2/SC(=S)N(c3ccc(F)cc3)C2=O)c1. The molecule has 1 amide bonds. The molecule has 0 saturated carbocycles. The molecule has 2 aromatic carbocycles. The molecule has 1 aliphatic heterocycles. The normalized spacial score (nSPS) is 16.4. The minimum Gasteiger partial charge on any atom is -0.383 e. The van der Waals surface area contributed by atoms with Crippen molar-refractivity contribution in [1.29, 1.82) is 0 Å². The number of amides is 1. The van der Waals surface area contributed by atoms with Crippen LogP contribution in [-0.4, -0.2) is 24.9 Å². The molecule has 134 valence electrons. The van der Waals surface area contributed by atoms with E-state index in [0.717, 1.165) is 18.0 Å². The lowest BCUT2D eigenvalue weighted by Gasteiger charge is -2.14. The highest BCUT2D eigenvalue weighted by molar-refractivity contribution is 8.27. The Labute approximate surface area is 159 Å². The number of anilines is 1. The zero-order valence-corrected chi connectivity index (χ0v) is 15.8. The van der Waals surface area contributed by atoms with Crippen LogP contribution in [0.3, 0.4) is 0 Å². The quantitative estimate of drug-likeness (QED) is 0.437. The number of thioether (sulfide) groups is 1. The van der Waals surface area contributed by atoms with Crippen molar-refractivity contribution in [1.82, 2.24) is 0 Å². The van der Waals surface area contributed by atoms with E-state index in [1.54, 1.807) is 18.2 Å². The molecule has 1 saturated heterocycles. The van der Waals surface area contributed by atoms with Gasteiger partial charge in [0.05, 0.1) is 16.8 Å². The molecule has 1 heterocycles. The van der Waals surface area contributed by atoms with Crippen LogP contribution in [0.15, 0.2) is 53.4 Å². The third kappa shape index (κ3) is 4.29. The fraction of sp³-hybridized carbons (Fsp3) is 0.0588. The number of halogens is 1. The zero-order valence-electron chi connectivity index (χ0n) is 13.4. The standard InChI is InChI=1S/C17H12FNO4S3/c1-26(21,22)23-14-4-2-3-11(9-14)10-15-16(20)19(17(24)25-15)13-7-5-12(18)6-8-13/h2-10H,1H3/b15-10+. The van der Waals surface area contributed by atoms with Crippen LogP contribution in [0.1, 0.15) is 5.56 Å². The minimum atomic E-state index is -3.64. The summed E-state index contributed by atoms with van der Waals surface area (Å²) >= 11 is 6.36. The summed E-state index contributed by atoms with van der Waals surface area (Å²) in [6, 6.07) is 11.8. The Morgan fingerprint density at radius 1 is 1.19 bits per heavy atom. The highest BCUT2D eigenvalue weighted by Gasteiger charge is 2.33. The molecule has 0 atom stereocenters. The van der Waals surface area contributed by atoms with Gasteiger partial charge in [-0.05, 0) is 48.0 Å². The Bertz CT molecular complexity index is 1020. The first-order chi connectivity index (χ1) is 12.2. The maximum atomic E-state index is 13.1. The van der Waals surface area contributed by atoms with E-state index in [2.05, 4.69) is 0 Å². The molecule has 0 aliphatic carbocycles. The van der Waals surface area contributed by atoms with Gasteiger partial charge in [-0.25, -0.2) is 4.39 Å². The van der Waals surface area contributed by atoms with Gasteiger partial charge in [0.15, 0.2) is 4.32 Å². The molecule has 0 aromatic heterocycles. The number of rotatable bonds is 4. The number of hydrogen-bond donors (Lipinski definition) is 0. The Hall–Kier alpha value is -2.23. The van der Waals surface area contributed by atoms with Crippen LogP contribution in [0.2, 0.25) is 0 Å². The van der Waals surface area contributed by atoms with Crippen molar-refractivity contribution in [3.05, 3.63) is 64.8 Å². The van der Waals surface area contributed by atoms with E-state index in [-0.39, 0.29) is 11.7 Å². The van der Waals surface area contributed by atoms with E-state index in [4.69, 9.17) is 16.4 Å². The fourth-order valence-electron chi connectivity index (χ4n) is 2.26. The fourth-order valence-corrected chi connectivity index (χ4v) is 4.02. The Morgan fingerprint density at radius 3 is 2.54 bits per heavy atom. The lowest BCUT2D eigenvalue weighted by atomic mass is 10.2. The van der Waals surface area contributed by atoms with E-state index in [9.17, 15) is 17.6 Å². The van der Waals surface area contributed by atoms with Crippen LogP contribution < -0.4 is 9.08 Å². The Balaban J connectivity index is 1.88. The summed E-state index contributed by atoms with van der Waals surface area (Å²) in [5.74, 6) is -0.589. The van der Waals surface area contributed by atoms with E-state index < -0.39 is 15.9 Å². The summed E-state index contributed by atoms with van der Waals surface area (Å²) in [5.41, 5.74) is 1.07. The molecular weight excluding hydrogens is 397 g/mol. The van der Waals surface area contributed by atoms with Gasteiger partial charge in [-0.3, -0.25) is 9.69 Å². The van der Waals surface area contributed by atoms with Crippen molar-refractivity contribution in [2.45, 2.75) is 0 Å². The zero-order chi connectivity index (χ0) is 18.9. The number of nitrogens with zero attached hydrogens (tertiary/aromatic N) is 1. The molecule has 3 rings (SSSR count). The second-order valence-electron chi connectivity index (χ2n) is 5.35. The second-order valence-corrected chi connectivity index (χ2v) is 8.60. The van der Waals surface area contributed by atoms with Gasteiger partial charge in [0.2, 0.25) is 0 Å². The van der Waals surface area contributed by atoms with Crippen LogP contribution in [0.4, 0.5) is 10.1 Å². The first-order valence-corrected chi connectivity index (χ1v) is 10.3. The highest BCUT2D eigenvalue weighted by atomic mass is 32.2. The van der Waals surface area contributed by atoms with E-state index in [0.29, 0.717) is 20.5 Å². The van der Waals surface area contributed by atoms with Crippen molar-refractivity contribution in [3.63, 3.8) is 0 Å². The summed E-state index contributed by atoms with van der Waals surface area (Å²) < 4.78 is 40.7. The summed E-state index contributed by atoms with van der Waals surface area (Å²) in [4.78, 5) is 14.3. The van der Waals surface area contributed by atoms with Gasteiger partial charge in [0.1, 0.15) is 11.6 Å². The molecule has 0 unspecified atom stereocenters. The average molecular weight is 409 g/mol. The van der Waals surface area contributed by atoms with Crippen molar-refractivity contribution >= 4 is 56.1 Å². The molecule has 0 spiro atoms. The molecule has 5 nitrogen and oxygen atoms in total. The molecule has 1 aliphatic rings. The smallest absolute Gasteiger partial charge is 0.306 e. The molecule has 1 fully saturated rings. The van der Waals surface area contributed by atoms with Crippen LogP contribution in [0, 0.1) is 5.82 Å². The number of thiocarbonyl (C=S) groups is 1. The summed E-state index contributed by atoms with van der Waals surface area (Å²) in [7, 11) is -3.64. The van der Waals surface area contributed by atoms with Crippen LogP contribution in [0.5, 0.6) is 5.75 Å². The molecule has 0 N–H and O–H groups in total. The third-order valence-electron chi connectivity index (χ3n) is 3.28. The maximum absolute atomic E-state index is 13.1. The summed E-state index contributed by atoms with van der Waals surface area (Å²) in [6.45, 7) is 0. The first-order valence-electron chi connectivity index (χ1n) is 7.26. The largest absolute Gasteiger partial charge is 0.383 e. The molecule has 26 heavy (non-hydrogen) atoms. The third-order valence-corrected chi connectivity index (χ3v) is 5.08. The average Bonchev–Trinajstić information content (AvgIpc) is 2.81. The topological polar surface area (TPSA) is 63.7 Å². The molecule has 2 aromatic rings. The van der Waals surface area contributed by atoms with E-state index >= 15 is 0 Å². The van der Waals surface area contributed by atoms with Gasteiger partial charge in [0, 0.05) is 0 Å². The number of carbonyl (C=O) groups is 1. The minimum absolute atomic E-state index is 0.148. The number of benzene rings is 2. The van der Waals surface area contributed by atoms with E-state index in [1.807, 2.05) is 0 Å².